The number of ether oxygens (including phenoxy) is 1. The summed E-state index contributed by atoms with van der Waals surface area (Å²) in [5.74, 6) is -1.38. The standard InChI is InChI=1S/C23H28N2O3.C3H8O2.C2H6.2H2/c1-2-6-17-9-11-20(12-10-17)23(27)25-15-21-13-18(16-28-21)14-24-22(26)19-7-4-3-5-8-19;1-3(2,4)5;1-2;;/h3-5,7-12,18,21H,2,6,13-16H2,1H3,(H,24,26)(H,25,27);4-5H,1-2H3;1-2H3;2*1H/t18-,21+;;;;/m1..../s1. The van der Waals surface area contributed by atoms with E-state index in [4.69, 9.17) is 14.9 Å². The monoisotopic (exact) mass is 490 g/mol. The van der Waals surface area contributed by atoms with Gasteiger partial charge in [0.25, 0.3) is 11.8 Å². The summed E-state index contributed by atoms with van der Waals surface area (Å²) in [6.07, 6.45) is 2.93. The maximum absolute atomic E-state index is 12.3. The Bertz CT molecular complexity index is 868. The summed E-state index contributed by atoms with van der Waals surface area (Å²) >= 11 is 0. The third-order valence-electron chi connectivity index (χ3n) is 5.00. The molecule has 35 heavy (non-hydrogen) atoms. The van der Waals surface area contributed by atoms with Gasteiger partial charge in [-0.15, -0.1) is 0 Å². The molecular weight excluding hydrogens is 444 g/mol. The summed E-state index contributed by atoms with van der Waals surface area (Å²) in [5, 5.41) is 22.1. The van der Waals surface area contributed by atoms with E-state index in [0.29, 0.717) is 30.8 Å². The van der Waals surface area contributed by atoms with Crippen LogP contribution in [0.15, 0.2) is 54.6 Å². The Morgan fingerprint density at radius 3 is 2.00 bits per heavy atom. The molecule has 1 saturated heterocycles. The zero-order valence-electron chi connectivity index (χ0n) is 21.7. The lowest BCUT2D eigenvalue weighted by molar-refractivity contribution is -0.127. The summed E-state index contributed by atoms with van der Waals surface area (Å²) in [6, 6.07) is 17.0. The second kappa shape index (κ2) is 16.0. The van der Waals surface area contributed by atoms with Crippen molar-refractivity contribution in [3.63, 3.8) is 0 Å². The molecule has 1 fully saturated rings. The number of carbonyl (C=O) groups is 2. The summed E-state index contributed by atoms with van der Waals surface area (Å²) < 4.78 is 5.77. The highest BCUT2D eigenvalue weighted by Crippen LogP contribution is 2.18. The van der Waals surface area contributed by atoms with Crippen molar-refractivity contribution in [2.75, 3.05) is 19.7 Å². The third kappa shape index (κ3) is 13.1. The lowest BCUT2D eigenvalue weighted by atomic mass is 10.0. The van der Waals surface area contributed by atoms with Gasteiger partial charge in [-0.2, -0.15) is 0 Å². The van der Waals surface area contributed by atoms with E-state index in [1.165, 1.54) is 19.4 Å². The molecule has 7 nitrogen and oxygen atoms in total. The van der Waals surface area contributed by atoms with Gasteiger partial charge in [0.05, 0.1) is 12.7 Å². The van der Waals surface area contributed by atoms with Crippen molar-refractivity contribution in [1.82, 2.24) is 10.6 Å². The van der Waals surface area contributed by atoms with Gasteiger partial charge in [0.15, 0.2) is 5.79 Å². The van der Waals surface area contributed by atoms with Crippen molar-refractivity contribution in [2.45, 2.75) is 65.8 Å². The predicted molar refractivity (Wildman–Crippen MR) is 143 cm³/mol. The van der Waals surface area contributed by atoms with Crippen LogP contribution in [-0.4, -0.2) is 53.6 Å². The number of carbonyl (C=O) groups excluding carboxylic acids is 2. The van der Waals surface area contributed by atoms with Gasteiger partial charge in [-0.25, -0.2) is 0 Å². The topological polar surface area (TPSA) is 108 Å². The molecule has 1 heterocycles. The molecule has 0 saturated carbocycles. The Hall–Kier alpha value is -2.74. The van der Waals surface area contributed by atoms with E-state index in [2.05, 4.69) is 17.6 Å². The molecule has 4 N–H and O–H groups in total. The number of amides is 2. The Morgan fingerprint density at radius 1 is 0.943 bits per heavy atom. The number of hydrogen-bond acceptors (Lipinski definition) is 5. The van der Waals surface area contributed by atoms with Crippen molar-refractivity contribution in [1.29, 1.82) is 0 Å². The van der Waals surface area contributed by atoms with Crippen molar-refractivity contribution in [3.05, 3.63) is 71.3 Å². The number of benzene rings is 2. The molecule has 0 unspecified atom stereocenters. The Morgan fingerprint density at radius 2 is 1.46 bits per heavy atom. The lowest BCUT2D eigenvalue weighted by Gasteiger charge is -2.12. The van der Waals surface area contributed by atoms with Crippen LogP contribution in [0.2, 0.25) is 0 Å². The minimum atomic E-state index is -1.50. The Labute approximate surface area is 212 Å². The van der Waals surface area contributed by atoms with Gasteiger partial charge in [0.1, 0.15) is 0 Å². The molecule has 0 aromatic heterocycles. The maximum Gasteiger partial charge on any atom is 0.251 e. The first kappa shape index (κ1) is 30.3. The molecule has 0 spiro atoms. The Balaban J connectivity index is 0. The number of nitrogens with one attached hydrogen (secondary N) is 2. The maximum atomic E-state index is 12.3. The number of rotatable bonds is 8. The van der Waals surface area contributed by atoms with Crippen LogP contribution in [-0.2, 0) is 11.2 Å². The fourth-order valence-corrected chi connectivity index (χ4v) is 3.41. The minimum Gasteiger partial charge on any atom is -0.376 e. The third-order valence-corrected chi connectivity index (χ3v) is 5.00. The predicted octanol–water partition coefficient (Wildman–Crippen LogP) is 4.43. The Kier molecular flexibility index (Phi) is 13.9. The average Bonchev–Trinajstić information content (AvgIpc) is 3.30. The normalized spacial score (nSPS) is 16.8. The highest BCUT2D eigenvalue weighted by molar-refractivity contribution is 5.94. The first-order chi connectivity index (χ1) is 16.7. The van der Waals surface area contributed by atoms with Gasteiger partial charge in [-0.1, -0.05) is 57.5 Å². The molecule has 0 aliphatic carbocycles. The van der Waals surface area contributed by atoms with Gasteiger partial charge >= 0.3 is 0 Å². The van der Waals surface area contributed by atoms with Crippen LogP contribution in [0.1, 0.15) is 76.6 Å². The van der Waals surface area contributed by atoms with Crippen LogP contribution in [0.25, 0.3) is 0 Å². The van der Waals surface area contributed by atoms with E-state index < -0.39 is 5.79 Å². The second-order valence-electron chi connectivity index (χ2n) is 8.78. The van der Waals surface area contributed by atoms with Crippen LogP contribution in [0.4, 0.5) is 0 Å². The van der Waals surface area contributed by atoms with Crippen LogP contribution in [0.3, 0.4) is 0 Å². The smallest absolute Gasteiger partial charge is 0.251 e. The van der Waals surface area contributed by atoms with Gasteiger partial charge in [-0.3, -0.25) is 9.59 Å². The van der Waals surface area contributed by atoms with E-state index in [0.717, 1.165) is 19.3 Å². The first-order valence-corrected chi connectivity index (χ1v) is 12.4. The van der Waals surface area contributed by atoms with Crippen molar-refractivity contribution in [3.8, 4) is 0 Å². The number of hydrogen-bond donors (Lipinski definition) is 4. The van der Waals surface area contributed by atoms with Crippen LogP contribution >= 0.6 is 0 Å². The van der Waals surface area contributed by atoms with E-state index >= 15 is 0 Å². The molecule has 7 heteroatoms. The van der Waals surface area contributed by atoms with Gasteiger partial charge in [-0.05, 0) is 56.5 Å². The van der Waals surface area contributed by atoms with Crippen LogP contribution in [0, 0.1) is 5.92 Å². The summed E-state index contributed by atoms with van der Waals surface area (Å²) in [4.78, 5) is 24.4. The van der Waals surface area contributed by atoms with Crippen molar-refractivity contribution < 1.29 is 27.4 Å². The molecular formula is C28H46N2O5. The molecule has 0 bridgehead atoms. The molecule has 2 atom stereocenters. The number of aryl methyl sites for hydroxylation is 1. The number of aliphatic hydroxyl groups is 2. The van der Waals surface area contributed by atoms with Gasteiger partial charge in [0, 0.05) is 33.0 Å². The zero-order chi connectivity index (χ0) is 26.3. The quantitative estimate of drug-likeness (QED) is 0.410. The van der Waals surface area contributed by atoms with E-state index in [1.54, 1.807) is 12.1 Å². The van der Waals surface area contributed by atoms with Crippen LogP contribution < -0.4 is 10.6 Å². The lowest BCUT2D eigenvalue weighted by Crippen LogP contribution is -2.32. The molecule has 3 rings (SSSR count). The largest absolute Gasteiger partial charge is 0.376 e. The molecule has 2 aromatic rings. The summed E-state index contributed by atoms with van der Waals surface area (Å²) in [7, 11) is 0. The van der Waals surface area contributed by atoms with Crippen molar-refractivity contribution >= 4 is 11.8 Å². The van der Waals surface area contributed by atoms with Crippen molar-refractivity contribution in [2.24, 2.45) is 5.92 Å². The molecule has 2 aromatic carbocycles. The van der Waals surface area contributed by atoms with E-state index in [9.17, 15) is 9.59 Å². The fraction of sp³-hybridized carbons (Fsp3) is 0.500. The summed E-state index contributed by atoms with van der Waals surface area (Å²) in [5.41, 5.74) is 2.58. The van der Waals surface area contributed by atoms with E-state index in [-0.39, 0.29) is 26.7 Å². The zero-order valence-corrected chi connectivity index (χ0v) is 21.7. The molecule has 198 valence electrons. The molecule has 1 aliphatic rings. The minimum absolute atomic E-state index is 0. The molecule has 1 aliphatic heterocycles. The van der Waals surface area contributed by atoms with Crippen LogP contribution in [0.5, 0.6) is 0 Å². The molecule has 2 amide bonds. The summed E-state index contributed by atoms with van der Waals surface area (Å²) in [6.45, 7) is 10.4. The molecule has 0 radical (unpaired) electrons. The SMILES string of the molecule is CC.CC(C)(O)O.CCCc1ccc(C(=O)NC[C@@H]2C[C@H](CNC(=O)c3ccccc3)CO2)cc1.[HH].[HH]. The highest BCUT2D eigenvalue weighted by atomic mass is 16.5. The second-order valence-corrected chi connectivity index (χ2v) is 8.78. The fourth-order valence-electron chi connectivity index (χ4n) is 3.41. The first-order valence-electron chi connectivity index (χ1n) is 12.4. The van der Waals surface area contributed by atoms with E-state index in [1.807, 2.05) is 56.3 Å². The highest BCUT2D eigenvalue weighted by Gasteiger charge is 2.26. The average molecular weight is 491 g/mol. The van der Waals surface area contributed by atoms with Gasteiger partial charge in [0.2, 0.25) is 0 Å². The van der Waals surface area contributed by atoms with Gasteiger partial charge < -0.3 is 25.6 Å².